The number of halogens is 5. The molecular weight excluding hydrogens is 361 g/mol. The van der Waals surface area contributed by atoms with Crippen molar-refractivity contribution in [1.82, 2.24) is 15.0 Å². The molecule has 1 amide bonds. The van der Waals surface area contributed by atoms with Crippen LogP contribution >= 0.6 is 0 Å². The smallest absolute Gasteiger partial charge is 0.338 e. The van der Waals surface area contributed by atoms with Crippen LogP contribution < -0.4 is 0 Å². The molecule has 1 unspecified atom stereocenters. The summed E-state index contributed by atoms with van der Waals surface area (Å²) in [5, 5.41) is 3.28. The molecule has 3 rings (SSSR count). The molecule has 5 nitrogen and oxygen atoms in total. The Bertz CT molecular complexity index is 801. The van der Waals surface area contributed by atoms with Crippen molar-refractivity contribution >= 4 is 5.91 Å². The van der Waals surface area contributed by atoms with E-state index in [2.05, 4.69) is 14.7 Å². The summed E-state index contributed by atoms with van der Waals surface area (Å²) in [5.41, 5.74) is 0.948. The molecule has 1 aliphatic carbocycles. The molecule has 0 bridgehead atoms. The average Bonchev–Trinajstić information content (AvgIpc) is 2.99. The van der Waals surface area contributed by atoms with Crippen LogP contribution in [0, 0.1) is 5.92 Å². The second-order valence-electron chi connectivity index (χ2n) is 5.99. The number of rotatable bonds is 5. The standard InChI is InChI=1S/C16H14F5N3O2/c1-2-24(13(25)11-7-15(11,17)18)8-9-3-5-10(6-4-9)12-22-14(26-23-12)16(19,20)21/h3-6,11H,2,7-8H2,1H3. The van der Waals surface area contributed by atoms with Gasteiger partial charge in [-0.25, -0.2) is 8.78 Å². The molecule has 2 aromatic rings. The molecule has 1 atom stereocenters. The zero-order valence-corrected chi connectivity index (χ0v) is 13.6. The summed E-state index contributed by atoms with van der Waals surface area (Å²) in [6.07, 6.45) is -5.15. The minimum atomic E-state index is -4.72. The molecule has 1 heterocycles. The Morgan fingerprint density at radius 1 is 1.31 bits per heavy atom. The quantitative estimate of drug-likeness (QED) is 0.747. The van der Waals surface area contributed by atoms with Crippen LogP contribution in [0.5, 0.6) is 0 Å². The molecule has 1 saturated carbocycles. The molecule has 10 heteroatoms. The highest BCUT2D eigenvalue weighted by Crippen LogP contribution is 2.49. The molecule has 1 aromatic heterocycles. The van der Waals surface area contributed by atoms with Gasteiger partial charge in [-0.15, -0.1) is 0 Å². The minimum Gasteiger partial charge on any atom is -0.338 e. The average molecular weight is 375 g/mol. The first-order valence-corrected chi connectivity index (χ1v) is 7.78. The first-order chi connectivity index (χ1) is 12.1. The number of benzene rings is 1. The molecule has 1 aromatic carbocycles. The molecule has 0 saturated heterocycles. The van der Waals surface area contributed by atoms with E-state index in [-0.39, 0.29) is 18.9 Å². The number of nitrogens with zero attached hydrogens (tertiary/aromatic N) is 3. The van der Waals surface area contributed by atoms with Gasteiger partial charge in [0.05, 0.1) is 0 Å². The van der Waals surface area contributed by atoms with Crippen molar-refractivity contribution in [2.75, 3.05) is 6.54 Å². The van der Waals surface area contributed by atoms with E-state index in [4.69, 9.17) is 0 Å². The third kappa shape index (κ3) is 3.68. The van der Waals surface area contributed by atoms with Crippen molar-refractivity contribution in [3.63, 3.8) is 0 Å². The summed E-state index contributed by atoms with van der Waals surface area (Å²) >= 11 is 0. The van der Waals surface area contributed by atoms with Crippen molar-refractivity contribution in [2.24, 2.45) is 5.92 Å². The van der Waals surface area contributed by atoms with E-state index in [1.807, 2.05) is 0 Å². The number of hydrogen-bond donors (Lipinski definition) is 0. The zero-order valence-electron chi connectivity index (χ0n) is 13.6. The van der Waals surface area contributed by atoms with E-state index in [0.29, 0.717) is 11.1 Å². The Balaban J connectivity index is 1.69. The van der Waals surface area contributed by atoms with Gasteiger partial charge in [-0.1, -0.05) is 29.4 Å². The van der Waals surface area contributed by atoms with Gasteiger partial charge in [-0.3, -0.25) is 4.79 Å². The fourth-order valence-corrected chi connectivity index (χ4v) is 2.48. The summed E-state index contributed by atoms with van der Waals surface area (Å²) in [7, 11) is 0. The maximum atomic E-state index is 13.1. The molecule has 1 fully saturated rings. The monoisotopic (exact) mass is 375 g/mol. The van der Waals surface area contributed by atoms with Crippen LogP contribution in [-0.2, 0) is 17.5 Å². The van der Waals surface area contributed by atoms with Gasteiger partial charge < -0.3 is 9.42 Å². The number of amides is 1. The van der Waals surface area contributed by atoms with Crippen LogP contribution in [0.25, 0.3) is 11.4 Å². The van der Waals surface area contributed by atoms with E-state index >= 15 is 0 Å². The summed E-state index contributed by atoms with van der Waals surface area (Å²) in [5.74, 6) is -6.45. The molecule has 1 aliphatic rings. The van der Waals surface area contributed by atoms with E-state index in [1.54, 1.807) is 19.1 Å². The summed E-state index contributed by atoms with van der Waals surface area (Å²) < 4.78 is 67.7. The zero-order chi connectivity index (χ0) is 19.1. The summed E-state index contributed by atoms with van der Waals surface area (Å²) in [4.78, 5) is 16.6. The van der Waals surface area contributed by atoms with Crippen LogP contribution in [0.2, 0.25) is 0 Å². The highest BCUT2D eigenvalue weighted by atomic mass is 19.4. The normalized spacial score (nSPS) is 18.6. The maximum absolute atomic E-state index is 13.1. The lowest BCUT2D eigenvalue weighted by Crippen LogP contribution is -2.33. The molecule has 26 heavy (non-hydrogen) atoms. The third-order valence-electron chi connectivity index (χ3n) is 4.07. The first-order valence-electron chi connectivity index (χ1n) is 7.78. The largest absolute Gasteiger partial charge is 0.471 e. The molecule has 140 valence electrons. The molecule has 0 N–H and O–H groups in total. The van der Waals surface area contributed by atoms with Crippen LogP contribution in [-0.4, -0.2) is 33.4 Å². The fraction of sp³-hybridized carbons (Fsp3) is 0.438. The number of carbonyl (C=O) groups excluding carboxylic acids is 1. The van der Waals surface area contributed by atoms with E-state index in [0.717, 1.165) is 0 Å². The van der Waals surface area contributed by atoms with Crippen LogP contribution in [0.4, 0.5) is 22.0 Å². The third-order valence-corrected chi connectivity index (χ3v) is 4.07. The maximum Gasteiger partial charge on any atom is 0.471 e. The Kier molecular flexibility index (Phi) is 4.45. The van der Waals surface area contributed by atoms with Crippen molar-refractivity contribution in [1.29, 1.82) is 0 Å². The van der Waals surface area contributed by atoms with Crippen molar-refractivity contribution in [2.45, 2.75) is 32.0 Å². The van der Waals surface area contributed by atoms with Crippen LogP contribution in [0.3, 0.4) is 0 Å². The van der Waals surface area contributed by atoms with Gasteiger partial charge in [0.2, 0.25) is 11.7 Å². The topological polar surface area (TPSA) is 59.2 Å². The van der Waals surface area contributed by atoms with E-state index < -0.39 is 36.2 Å². The minimum absolute atomic E-state index is 0.127. The van der Waals surface area contributed by atoms with Crippen LogP contribution in [0.15, 0.2) is 28.8 Å². The predicted molar refractivity (Wildman–Crippen MR) is 78.9 cm³/mol. The van der Waals surface area contributed by atoms with E-state index in [1.165, 1.54) is 17.0 Å². The van der Waals surface area contributed by atoms with Crippen LogP contribution in [0.1, 0.15) is 24.8 Å². The van der Waals surface area contributed by atoms with Gasteiger partial charge in [-0.05, 0) is 12.5 Å². The highest BCUT2D eigenvalue weighted by Gasteiger charge is 2.62. The van der Waals surface area contributed by atoms with Gasteiger partial charge in [0, 0.05) is 25.1 Å². The first kappa shape index (κ1) is 18.3. The lowest BCUT2D eigenvalue weighted by atomic mass is 10.1. The van der Waals surface area contributed by atoms with Gasteiger partial charge in [0.1, 0.15) is 5.92 Å². The predicted octanol–water partition coefficient (Wildman–Crippen LogP) is 3.76. The Morgan fingerprint density at radius 2 is 1.92 bits per heavy atom. The second kappa shape index (κ2) is 6.33. The van der Waals surface area contributed by atoms with Gasteiger partial charge >= 0.3 is 12.1 Å². The fourth-order valence-electron chi connectivity index (χ4n) is 2.48. The van der Waals surface area contributed by atoms with E-state index in [9.17, 15) is 26.7 Å². The Labute approximate surface area is 144 Å². The number of alkyl halides is 5. The summed E-state index contributed by atoms with van der Waals surface area (Å²) in [6.45, 7) is 2.08. The highest BCUT2D eigenvalue weighted by molar-refractivity contribution is 5.82. The van der Waals surface area contributed by atoms with Crippen molar-refractivity contribution in [3.05, 3.63) is 35.7 Å². The van der Waals surface area contributed by atoms with Gasteiger partial charge in [-0.2, -0.15) is 18.2 Å². The van der Waals surface area contributed by atoms with Crippen molar-refractivity contribution in [3.8, 4) is 11.4 Å². The van der Waals surface area contributed by atoms with Gasteiger partial charge in [0.15, 0.2) is 0 Å². The Morgan fingerprint density at radius 3 is 2.38 bits per heavy atom. The number of aromatic nitrogens is 2. The second-order valence-corrected chi connectivity index (χ2v) is 5.99. The lowest BCUT2D eigenvalue weighted by molar-refractivity contribution is -0.159. The molecular formula is C16H14F5N3O2. The molecule has 0 radical (unpaired) electrons. The Hall–Kier alpha value is -2.52. The number of hydrogen-bond acceptors (Lipinski definition) is 4. The number of carbonyl (C=O) groups is 1. The van der Waals surface area contributed by atoms with Gasteiger partial charge in [0.25, 0.3) is 5.92 Å². The van der Waals surface area contributed by atoms with Crippen molar-refractivity contribution < 1.29 is 31.3 Å². The summed E-state index contributed by atoms with van der Waals surface area (Å²) in [6, 6.07) is 6.09. The molecule has 0 aliphatic heterocycles. The lowest BCUT2D eigenvalue weighted by Gasteiger charge is -2.21. The molecule has 0 spiro atoms. The SMILES string of the molecule is CCN(Cc1ccc(-c2noc(C(F)(F)F)n2)cc1)C(=O)C1CC1(F)F.